The minimum absolute atomic E-state index is 0.0405. The molecule has 2 aromatic carbocycles. The van der Waals surface area contributed by atoms with Crippen molar-refractivity contribution < 1.29 is 48.9 Å². The molecule has 31 heavy (non-hydrogen) atoms. The van der Waals surface area contributed by atoms with Gasteiger partial charge >= 0.3 is 13.8 Å². The van der Waals surface area contributed by atoms with Gasteiger partial charge in [-0.3, -0.25) is 14.6 Å². The molecule has 0 spiro atoms. The highest BCUT2D eigenvalue weighted by Crippen LogP contribution is 2.41. The van der Waals surface area contributed by atoms with Gasteiger partial charge in [0.15, 0.2) is 23.0 Å². The molecule has 1 amide bonds. The Morgan fingerprint density at radius 2 is 1.55 bits per heavy atom. The van der Waals surface area contributed by atoms with Crippen LogP contribution in [0.25, 0.3) is 0 Å². The number of aliphatic carboxylic acids is 1. The van der Waals surface area contributed by atoms with E-state index in [4.69, 9.17) is 15.5 Å². The molecule has 2 atom stereocenters. The van der Waals surface area contributed by atoms with Crippen molar-refractivity contribution in [3.63, 3.8) is 0 Å². The summed E-state index contributed by atoms with van der Waals surface area (Å²) >= 11 is 0. The van der Waals surface area contributed by atoms with Crippen LogP contribution >= 0.6 is 7.82 Å². The Bertz CT molecular complexity index is 1020. The molecule has 12 nitrogen and oxygen atoms in total. The maximum Gasteiger partial charge on any atom is 0.524 e. The molecule has 0 aliphatic carbocycles. The maximum absolute atomic E-state index is 12.3. The van der Waals surface area contributed by atoms with Crippen molar-refractivity contribution in [3.8, 4) is 23.0 Å². The summed E-state index contributed by atoms with van der Waals surface area (Å²) < 4.78 is 15.1. The number of carboxylic acids is 1. The minimum atomic E-state index is -4.89. The molecule has 9 N–H and O–H groups in total. The Kier molecular flexibility index (Phi) is 7.47. The van der Waals surface area contributed by atoms with Crippen LogP contribution in [0.2, 0.25) is 0 Å². The number of benzene rings is 2. The molecule has 0 bridgehead atoms. The monoisotopic (exact) mass is 456 g/mol. The second kappa shape index (κ2) is 9.67. The third-order valence-electron chi connectivity index (χ3n) is 4.13. The van der Waals surface area contributed by atoms with Crippen LogP contribution in [0.4, 0.5) is 0 Å². The fourth-order valence-corrected chi connectivity index (χ4v) is 3.06. The van der Waals surface area contributed by atoms with E-state index in [9.17, 15) is 34.6 Å². The average molecular weight is 456 g/mol. The SMILES string of the molecule is N[C@@H](Cc1ccc(O)c(O)c1)C(=O)N[C@@H](Cc1ccc(OP(=O)(O)O)c(O)c1)C(=O)O. The topological polar surface area (TPSA) is 220 Å². The first kappa shape index (κ1) is 24.0. The van der Waals surface area contributed by atoms with Crippen molar-refractivity contribution in [2.24, 2.45) is 5.73 Å². The number of carbonyl (C=O) groups is 2. The maximum atomic E-state index is 12.3. The molecule has 13 heteroatoms. The zero-order chi connectivity index (χ0) is 23.3. The van der Waals surface area contributed by atoms with Crippen molar-refractivity contribution in [1.82, 2.24) is 5.32 Å². The second-order valence-corrected chi connectivity index (χ2v) is 7.78. The van der Waals surface area contributed by atoms with E-state index in [1.54, 1.807) is 0 Å². The van der Waals surface area contributed by atoms with Crippen LogP contribution in [-0.4, -0.2) is 54.2 Å². The van der Waals surface area contributed by atoms with Gasteiger partial charge in [-0.2, -0.15) is 0 Å². The van der Waals surface area contributed by atoms with E-state index < -0.39 is 43.3 Å². The lowest BCUT2D eigenvalue weighted by atomic mass is 10.0. The Balaban J connectivity index is 2.06. The second-order valence-electron chi connectivity index (χ2n) is 6.62. The highest BCUT2D eigenvalue weighted by molar-refractivity contribution is 7.46. The fourth-order valence-electron chi connectivity index (χ4n) is 2.65. The lowest BCUT2D eigenvalue weighted by Gasteiger charge is -2.18. The third kappa shape index (κ3) is 7.15. The molecule has 0 aromatic heterocycles. The predicted molar refractivity (Wildman–Crippen MR) is 106 cm³/mol. The predicted octanol–water partition coefficient (Wildman–Crippen LogP) is -0.0432. The first-order chi connectivity index (χ1) is 14.4. The number of hydrogen-bond acceptors (Lipinski definition) is 8. The normalized spacial score (nSPS) is 13.3. The van der Waals surface area contributed by atoms with Crippen LogP contribution in [0, 0.1) is 0 Å². The Morgan fingerprint density at radius 3 is 2.10 bits per heavy atom. The number of phenolic OH excluding ortho intramolecular Hbond substituents is 3. The van der Waals surface area contributed by atoms with Crippen molar-refractivity contribution in [2.75, 3.05) is 0 Å². The van der Waals surface area contributed by atoms with Crippen LogP contribution in [0.1, 0.15) is 11.1 Å². The van der Waals surface area contributed by atoms with Crippen molar-refractivity contribution in [1.29, 1.82) is 0 Å². The van der Waals surface area contributed by atoms with Gasteiger partial charge in [-0.1, -0.05) is 12.1 Å². The molecule has 0 aliphatic heterocycles. The zero-order valence-corrected chi connectivity index (χ0v) is 16.8. The van der Waals surface area contributed by atoms with Crippen LogP contribution in [0.5, 0.6) is 23.0 Å². The number of carboxylic acid groups (broad SMARTS) is 1. The van der Waals surface area contributed by atoms with Crippen molar-refractivity contribution >= 4 is 19.7 Å². The fraction of sp³-hybridized carbons (Fsp3) is 0.222. The molecule has 0 radical (unpaired) electrons. The van der Waals surface area contributed by atoms with Gasteiger partial charge in [-0.05, 0) is 41.8 Å². The van der Waals surface area contributed by atoms with Gasteiger partial charge in [0.2, 0.25) is 5.91 Å². The summed E-state index contributed by atoms with van der Waals surface area (Å²) in [6, 6.07) is 4.69. The Morgan fingerprint density at radius 1 is 0.968 bits per heavy atom. The Labute approximate surface area is 175 Å². The van der Waals surface area contributed by atoms with Crippen LogP contribution < -0.4 is 15.6 Å². The summed E-state index contributed by atoms with van der Waals surface area (Å²) in [5, 5.41) is 40.3. The number of phenols is 3. The van der Waals surface area contributed by atoms with E-state index in [0.29, 0.717) is 5.56 Å². The lowest BCUT2D eigenvalue weighted by molar-refractivity contribution is -0.142. The highest BCUT2D eigenvalue weighted by atomic mass is 31.2. The van der Waals surface area contributed by atoms with E-state index in [1.807, 2.05) is 0 Å². The van der Waals surface area contributed by atoms with Gasteiger partial charge in [0.25, 0.3) is 0 Å². The number of rotatable bonds is 9. The van der Waals surface area contributed by atoms with E-state index in [-0.39, 0.29) is 29.9 Å². The number of carbonyl (C=O) groups excluding carboxylic acids is 1. The number of phosphoric acid groups is 1. The molecule has 0 unspecified atom stereocenters. The number of nitrogens with one attached hydrogen (secondary N) is 1. The van der Waals surface area contributed by atoms with Crippen molar-refractivity contribution in [3.05, 3.63) is 47.5 Å². The third-order valence-corrected chi connectivity index (χ3v) is 4.56. The largest absolute Gasteiger partial charge is 0.524 e. The summed E-state index contributed by atoms with van der Waals surface area (Å²) in [5.74, 6) is -4.01. The standard InChI is InChI=1S/C18H21N2O10P/c19-11(5-9-1-3-13(21)14(22)7-9)17(24)20-12(18(25)26)6-10-2-4-16(15(23)8-10)30-31(27,28)29/h1-4,7-8,11-12,21-23H,5-6,19H2,(H,20,24)(H,25,26)(H2,27,28,29)/t11-,12-/m0/s1. The summed E-state index contributed by atoms with van der Waals surface area (Å²) in [7, 11) is -4.89. The van der Waals surface area contributed by atoms with Crippen LogP contribution in [-0.2, 0) is 27.0 Å². The van der Waals surface area contributed by atoms with Gasteiger partial charge in [-0.25, -0.2) is 9.36 Å². The van der Waals surface area contributed by atoms with Gasteiger partial charge in [0.1, 0.15) is 6.04 Å². The average Bonchev–Trinajstić information content (AvgIpc) is 2.65. The van der Waals surface area contributed by atoms with Crippen LogP contribution in [0.3, 0.4) is 0 Å². The van der Waals surface area contributed by atoms with E-state index in [1.165, 1.54) is 24.3 Å². The van der Waals surface area contributed by atoms with Gasteiger partial charge < -0.3 is 36.0 Å². The summed E-state index contributed by atoms with van der Waals surface area (Å²) in [5.41, 5.74) is 6.48. The zero-order valence-electron chi connectivity index (χ0n) is 15.9. The number of aromatic hydroxyl groups is 3. The summed E-state index contributed by atoms with van der Waals surface area (Å²) in [4.78, 5) is 41.4. The first-order valence-corrected chi connectivity index (χ1v) is 10.3. The molecule has 0 saturated carbocycles. The first-order valence-electron chi connectivity index (χ1n) is 8.72. The molecule has 0 heterocycles. The van der Waals surface area contributed by atoms with Gasteiger partial charge in [-0.15, -0.1) is 0 Å². The smallest absolute Gasteiger partial charge is 0.504 e. The lowest BCUT2D eigenvalue weighted by Crippen LogP contribution is -2.50. The van der Waals surface area contributed by atoms with E-state index in [0.717, 1.165) is 12.1 Å². The van der Waals surface area contributed by atoms with Gasteiger partial charge in [0.05, 0.1) is 6.04 Å². The van der Waals surface area contributed by atoms with E-state index in [2.05, 4.69) is 9.84 Å². The van der Waals surface area contributed by atoms with Crippen LogP contribution in [0.15, 0.2) is 36.4 Å². The molecule has 0 aliphatic rings. The quantitative estimate of drug-likeness (QED) is 0.185. The summed E-state index contributed by atoms with van der Waals surface area (Å²) in [6.45, 7) is 0. The van der Waals surface area contributed by atoms with E-state index >= 15 is 0 Å². The molecule has 2 rings (SSSR count). The number of phosphoric ester groups is 1. The summed E-state index contributed by atoms with van der Waals surface area (Å²) in [6.07, 6.45) is -0.307. The Hall–Kier alpha value is -3.31. The number of amides is 1. The molecule has 0 fully saturated rings. The van der Waals surface area contributed by atoms with Crippen molar-refractivity contribution in [2.45, 2.75) is 24.9 Å². The number of hydrogen-bond donors (Lipinski definition) is 8. The van der Waals surface area contributed by atoms with Gasteiger partial charge in [0, 0.05) is 6.42 Å². The minimum Gasteiger partial charge on any atom is -0.504 e. The molecular formula is C18H21N2O10P. The molecule has 0 saturated heterocycles. The molecule has 168 valence electrons. The number of nitrogens with two attached hydrogens (primary N) is 1. The molecular weight excluding hydrogens is 435 g/mol. The molecule has 2 aromatic rings. The highest BCUT2D eigenvalue weighted by Gasteiger charge is 2.25.